The van der Waals surface area contributed by atoms with Crippen LogP contribution in [0.2, 0.25) is 5.02 Å². The van der Waals surface area contributed by atoms with Crippen LogP contribution in [0, 0.1) is 23.8 Å². The lowest BCUT2D eigenvalue weighted by Crippen LogP contribution is -2.50. The van der Waals surface area contributed by atoms with Gasteiger partial charge in [-0.05, 0) is 88.4 Å². The van der Waals surface area contributed by atoms with Crippen LogP contribution in [0.1, 0.15) is 63.0 Å². The minimum atomic E-state index is -4.17. The van der Waals surface area contributed by atoms with Crippen LogP contribution in [0.4, 0.5) is 13.6 Å². The van der Waals surface area contributed by atoms with Gasteiger partial charge in [-0.3, -0.25) is 0 Å². The number of sulfonamides is 1. The van der Waals surface area contributed by atoms with Crippen molar-refractivity contribution in [3.8, 4) is 0 Å². The van der Waals surface area contributed by atoms with Crippen molar-refractivity contribution < 1.29 is 26.7 Å². The van der Waals surface area contributed by atoms with Gasteiger partial charge in [0, 0.05) is 30.2 Å². The molecule has 11 heteroatoms. The highest BCUT2D eigenvalue weighted by Gasteiger charge is 2.42. The molecule has 2 aromatic carbocycles. The fourth-order valence-electron chi connectivity index (χ4n) is 6.19. The summed E-state index contributed by atoms with van der Waals surface area (Å²) < 4.78 is 63.2. The number of carbonyl (C=O) groups excluding carboxylic acids is 1. The summed E-state index contributed by atoms with van der Waals surface area (Å²) in [5, 5.41) is 0.371. The van der Waals surface area contributed by atoms with Gasteiger partial charge in [-0.15, -0.1) is 0 Å². The number of benzene rings is 1. The Labute approximate surface area is 240 Å². The van der Waals surface area contributed by atoms with E-state index in [-0.39, 0.29) is 17.1 Å². The van der Waals surface area contributed by atoms with Crippen LogP contribution in [-0.4, -0.2) is 73.5 Å². The number of rotatable bonds is 6. The Hall–Kier alpha value is -2.45. The van der Waals surface area contributed by atoms with Gasteiger partial charge >= 0.3 is 6.09 Å². The lowest BCUT2D eigenvalue weighted by atomic mass is 9.94. The van der Waals surface area contributed by atoms with Crippen LogP contribution in [0.5, 0.6) is 0 Å². The largest absolute Gasteiger partial charge is 0.448 e. The summed E-state index contributed by atoms with van der Waals surface area (Å²) in [7, 11) is -4.17. The molecule has 216 valence electrons. The molecule has 7 nitrogen and oxygen atoms in total. The first-order valence-electron chi connectivity index (χ1n) is 14.0. The van der Waals surface area contributed by atoms with Crippen LogP contribution in [0.15, 0.2) is 35.2 Å². The molecular weight excluding hydrogens is 560 g/mol. The molecule has 1 amide bonds. The Bertz CT molecular complexity index is 1280. The summed E-state index contributed by atoms with van der Waals surface area (Å²) in [5.74, 6) is -1.81. The van der Waals surface area contributed by atoms with Crippen molar-refractivity contribution in [2.24, 2.45) is 0 Å². The van der Waals surface area contributed by atoms with Gasteiger partial charge in [-0.25, -0.2) is 17.6 Å². The summed E-state index contributed by atoms with van der Waals surface area (Å²) in [4.78, 5) is 17.2. The molecule has 3 aliphatic rings. The number of piperidine rings is 3. The second-order valence-electron chi connectivity index (χ2n) is 10.8. The van der Waals surface area contributed by atoms with Gasteiger partial charge in [0.1, 0.15) is 12.4 Å². The van der Waals surface area contributed by atoms with Gasteiger partial charge in [0.25, 0.3) is 0 Å². The smallest absolute Gasteiger partial charge is 0.409 e. The van der Waals surface area contributed by atoms with Gasteiger partial charge < -0.3 is 14.5 Å². The topological polar surface area (TPSA) is 70.2 Å². The van der Waals surface area contributed by atoms with Crippen molar-refractivity contribution in [1.82, 2.24) is 14.1 Å². The van der Waals surface area contributed by atoms with Gasteiger partial charge in [0.2, 0.25) is 10.0 Å². The number of likely N-dealkylation sites (tertiary alicyclic amines) is 2. The van der Waals surface area contributed by atoms with E-state index in [4.69, 9.17) is 16.3 Å². The molecule has 1 unspecified atom stereocenters. The van der Waals surface area contributed by atoms with Crippen LogP contribution in [0.25, 0.3) is 0 Å². The molecule has 0 saturated carbocycles. The highest BCUT2D eigenvalue weighted by Crippen LogP contribution is 2.39. The summed E-state index contributed by atoms with van der Waals surface area (Å²) in [6.07, 6.45) is 6.28. The van der Waals surface area contributed by atoms with Crippen molar-refractivity contribution in [3.63, 3.8) is 0 Å². The molecular formula is C29H34ClF2N3O4S. The standard InChI is InChI=1S/C29H34ClF2N3O4S/c30-21-7-10-25(11-8-21)40(37,38)35-24(5-4-6-28(35)26-12-9-22(31)19-27(26)32)20-39-29(36)34-17-13-23(14-18-34)33-15-2-1-3-16-33/h7-8,10-11,19,23-24,28H,1-6,13-18,20H2/t24-,28?/m1/s1. The average Bonchev–Trinajstić information content (AvgIpc) is 2.96. The molecule has 2 aromatic rings. The Morgan fingerprint density at radius 1 is 0.950 bits per heavy atom. The van der Waals surface area contributed by atoms with E-state index in [9.17, 15) is 22.0 Å². The van der Waals surface area contributed by atoms with E-state index in [1.807, 2.05) is 0 Å². The molecule has 3 saturated heterocycles. The second-order valence-corrected chi connectivity index (χ2v) is 13.1. The number of hydrogen-bond donors (Lipinski definition) is 0. The fraction of sp³-hybridized carbons (Fsp3) is 0.552. The van der Waals surface area contributed by atoms with Crippen LogP contribution >= 0.6 is 11.6 Å². The van der Waals surface area contributed by atoms with Crippen molar-refractivity contribution in [3.05, 3.63) is 64.7 Å². The van der Waals surface area contributed by atoms with Crippen molar-refractivity contribution >= 4 is 27.7 Å². The fourth-order valence-corrected chi connectivity index (χ4v) is 8.14. The highest BCUT2D eigenvalue weighted by atomic mass is 35.5. The minimum Gasteiger partial charge on any atom is -0.448 e. The Kier molecular flexibility index (Phi) is 9.15. The maximum Gasteiger partial charge on any atom is 0.409 e. The van der Waals surface area contributed by atoms with E-state index in [0.717, 1.165) is 25.9 Å². The second kappa shape index (κ2) is 12.6. The quantitative estimate of drug-likeness (QED) is 0.437. The maximum atomic E-state index is 14.9. The van der Waals surface area contributed by atoms with Crippen LogP contribution < -0.4 is 0 Å². The summed E-state index contributed by atoms with van der Waals surface area (Å²) in [5.41, 5.74) is -0.0882. The Morgan fingerprint density at radius 2 is 1.65 bits per heavy atom. The lowest BCUT2D eigenvalue weighted by Gasteiger charge is -2.41. The first-order valence-corrected chi connectivity index (χ1v) is 15.8. The number of nitrogens with zero attached hydrogens (tertiary/aromatic N) is 3. The predicted molar refractivity (Wildman–Crippen MR) is 146 cm³/mol. The molecule has 0 radical (unpaired) electrons. The normalized spacial score (nSPS) is 23.5. The van der Waals surface area contributed by atoms with E-state index in [1.165, 1.54) is 47.8 Å². The lowest BCUT2D eigenvalue weighted by molar-refractivity contribution is 0.0446. The molecule has 5 rings (SSSR count). The molecule has 0 aromatic heterocycles. The molecule has 0 N–H and O–H groups in total. The third-order valence-corrected chi connectivity index (χ3v) is 10.5. The number of carbonyl (C=O) groups is 1. The number of amides is 1. The predicted octanol–water partition coefficient (Wildman–Crippen LogP) is 5.59. The summed E-state index contributed by atoms with van der Waals surface area (Å²) in [6, 6.07) is 9.86. The van der Waals surface area contributed by atoms with E-state index in [2.05, 4.69) is 17.0 Å². The Morgan fingerprint density at radius 3 is 2.33 bits per heavy atom. The van der Waals surface area contributed by atoms with E-state index in [1.54, 1.807) is 4.90 Å². The van der Waals surface area contributed by atoms with E-state index < -0.39 is 39.8 Å². The maximum absolute atomic E-state index is 14.9. The third-order valence-electron chi connectivity index (χ3n) is 8.26. The minimum absolute atomic E-state index is 0.0218. The molecule has 3 fully saturated rings. The zero-order valence-corrected chi connectivity index (χ0v) is 23.9. The molecule has 0 bridgehead atoms. The summed E-state index contributed by atoms with van der Waals surface area (Å²) >= 11 is 5.98. The molecule has 3 heterocycles. The zero-order valence-electron chi connectivity index (χ0n) is 22.3. The van der Waals surface area contributed by atoms with E-state index in [0.29, 0.717) is 49.5 Å². The highest BCUT2D eigenvalue weighted by molar-refractivity contribution is 7.89. The zero-order chi connectivity index (χ0) is 28.3. The summed E-state index contributed by atoms with van der Waals surface area (Å²) in [6.45, 7) is 3.22. The molecule has 2 atom stereocenters. The third kappa shape index (κ3) is 6.38. The van der Waals surface area contributed by atoms with Crippen molar-refractivity contribution in [2.75, 3.05) is 32.8 Å². The first-order chi connectivity index (χ1) is 19.2. The van der Waals surface area contributed by atoms with Gasteiger partial charge in [0.05, 0.1) is 22.5 Å². The molecule has 0 aliphatic carbocycles. The van der Waals surface area contributed by atoms with Gasteiger partial charge in [0.15, 0.2) is 5.82 Å². The number of ether oxygens (including phenoxy) is 1. The van der Waals surface area contributed by atoms with Crippen LogP contribution in [0.3, 0.4) is 0 Å². The van der Waals surface area contributed by atoms with E-state index >= 15 is 0 Å². The first kappa shape index (κ1) is 29.1. The SMILES string of the molecule is O=C(OC[C@H]1CCCC(c2c#cc(F)cc2F)N1S(=O)(=O)c1ccc(Cl)cc1)N1CCC(N2CCCCC2)CC1. The monoisotopic (exact) mass is 593 g/mol. The average molecular weight is 594 g/mol. The van der Waals surface area contributed by atoms with Crippen molar-refractivity contribution in [2.45, 2.75) is 74.4 Å². The van der Waals surface area contributed by atoms with Gasteiger partial charge in [-0.2, -0.15) is 8.70 Å². The number of halogens is 3. The van der Waals surface area contributed by atoms with Crippen molar-refractivity contribution in [1.29, 1.82) is 0 Å². The number of hydrogen-bond acceptors (Lipinski definition) is 5. The molecule has 3 aliphatic heterocycles. The Balaban J connectivity index is 1.32. The molecule has 0 spiro atoms. The van der Waals surface area contributed by atoms with Crippen LogP contribution in [-0.2, 0) is 14.8 Å². The van der Waals surface area contributed by atoms with Gasteiger partial charge in [-0.1, -0.05) is 24.1 Å². The molecule has 40 heavy (non-hydrogen) atoms.